The van der Waals surface area contributed by atoms with Crippen molar-refractivity contribution in [1.82, 2.24) is 25.3 Å². The van der Waals surface area contributed by atoms with E-state index in [9.17, 15) is 14.7 Å². The van der Waals surface area contributed by atoms with Crippen molar-refractivity contribution in [2.75, 3.05) is 50.8 Å². The molecule has 5 rings (SSSR count). The van der Waals surface area contributed by atoms with E-state index in [-0.39, 0.29) is 30.4 Å². The summed E-state index contributed by atoms with van der Waals surface area (Å²) in [6, 6.07) is 6.63. The average Bonchev–Trinajstić information content (AvgIpc) is 3.15. The number of hydrogen-bond donors (Lipinski definition) is 3. The van der Waals surface area contributed by atoms with E-state index in [2.05, 4.69) is 43.7 Å². The van der Waals surface area contributed by atoms with Gasteiger partial charge in [-0.1, -0.05) is 0 Å². The summed E-state index contributed by atoms with van der Waals surface area (Å²) in [7, 11) is 1.92. The maximum atomic E-state index is 12.4. The van der Waals surface area contributed by atoms with E-state index in [1.54, 1.807) is 0 Å². The Balaban J connectivity index is 1.26. The number of carbonyl (C=O) groups is 2. The normalized spacial score (nSPS) is 25.6. The van der Waals surface area contributed by atoms with Gasteiger partial charge in [-0.2, -0.15) is 5.10 Å². The molecule has 3 aliphatic heterocycles. The summed E-state index contributed by atoms with van der Waals surface area (Å²) in [5.41, 5.74) is 2.97. The molecule has 3 fully saturated rings. The zero-order chi connectivity index (χ0) is 22.9. The fraction of sp³-hybridized carbons (Fsp3) is 0.625. The number of imide groups is 1. The highest BCUT2D eigenvalue weighted by Crippen LogP contribution is 2.33. The van der Waals surface area contributed by atoms with Crippen molar-refractivity contribution in [2.45, 2.75) is 37.6 Å². The molecule has 0 aliphatic carbocycles. The van der Waals surface area contributed by atoms with Crippen molar-refractivity contribution >= 4 is 28.4 Å². The molecule has 9 nitrogen and oxygen atoms in total. The second-order valence-corrected chi connectivity index (χ2v) is 9.68. The van der Waals surface area contributed by atoms with Crippen LogP contribution in [-0.2, 0) is 16.6 Å². The van der Waals surface area contributed by atoms with Crippen LogP contribution in [0, 0.1) is 5.92 Å². The predicted molar refractivity (Wildman–Crippen MR) is 126 cm³/mol. The smallest absolute Gasteiger partial charge is 0.235 e. The summed E-state index contributed by atoms with van der Waals surface area (Å²) in [5.74, 6) is -0.162. The summed E-state index contributed by atoms with van der Waals surface area (Å²) in [5, 5.41) is 21.1. The quantitative estimate of drug-likeness (QED) is 0.568. The van der Waals surface area contributed by atoms with Gasteiger partial charge in [-0.25, -0.2) is 0 Å². The summed E-state index contributed by atoms with van der Waals surface area (Å²) in [6.45, 7) is 6.21. The van der Waals surface area contributed by atoms with Crippen LogP contribution < -0.4 is 15.5 Å². The van der Waals surface area contributed by atoms with Gasteiger partial charge in [0.15, 0.2) is 0 Å². The first-order chi connectivity index (χ1) is 16.0. The third-order valence-corrected chi connectivity index (χ3v) is 7.59. The van der Waals surface area contributed by atoms with E-state index in [0.29, 0.717) is 18.8 Å². The van der Waals surface area contributed by atoms with Crippen molar-refractivity contribution in [3.8, 4) is 0 Å². The Morgan fingerprint density at radius 2 is 1.97 bits per heavy atom. The van der Waals surface area contributed by atoms with Crippen LogP contribution in [0.3, 0.4) is 0 Å². The number of nitrogens with one attached hydrogen (secondary N) is 2. The van der Waals surface area contributed by atoms with Gasteiger partial charge in [-0.3, -0.25) is 24.5 Å². The van der Waals surface area contributed by atoms with Gasteiger partial charge in [0.1, 0.15) is 0 Å². The molecule has 3 aliphatic rings. The first-order valence-corrected chi connectivity index (χ1v) is 12.1. The molecule has 1 aromatic carbocycles. The molecule has 4 heterocycles. The number of nitrogens with zero attached hydrogens (tertiary/aromatic N) is 4. The number of aromatic nitrogens is 2. The molecule has 2 unspecified atom stereocenters. The minimum atomic E-state index is -0.374. The van der Waals surface area contributed by atoms with Crippen molar-refractivity contribution in [1.29, 1.82) is 0 Å². The lowest BCUT2D eigenvalue weighted by molar-refractivity contribution is -0.134. The number of aliphatic hydroxyl groups excluding tert-OH is 1. The molecule has 0 saturated carbocycles. The lowest BCUT2D eigenvalue weighted by atomic mass is 9.92. The Labute approximate surface area is 194 Å². The number of anilines is 1. The molecule has 3 saturated heterocycles. The Morgan fingerprint density at radius 1 is 1.15 bits per heavy atom. The third-order valence-electron chi connectivity index (χ3n) is 7.59. The van der Waals surface area contributed by atoms with E-state index in [0.717, 1.165) is 68.7 Å². The second-order valence-electron chi connectivity index (χ2n) is 9.68. The minimum absolute atomic E-state index is 0.203. The number of piperazine rings is 1. The van der Waals surface area contributed by atoms with Gasteiger partial charge in [-0.05, 0) is 43.4 Å². The summed E-state index contributed by atoms with van der Waals surface area (Å²) >= 11 is 0. The highest BCUT2D eigenvalue weighted by atomic mass is 16.3. The SMILES string of the molecule is Cn1nc(C2CCC(=O)NC2=O)c2ccc(N3CCC(CN4CCNCC4CO)CC3)cc21. The zero-order valence-electron chi connectivity index (χ0n) is 19.3. The zero-order valence-corrected chi connectivity index (χ0v) is 19.3. The molecular weight excluding hydrogens is 420 g/mol. The fourth-order valence-corrected chi connectivity index (χ4v) is 5.61. The Bertz CT molecular complexity index is 1030. The summed E-state index contributed by atoms with van der Waals surface area (Å²) in [4.78, 5) is 28.8. The summed E-state index contributed by atoms with van der Waals surface area (Å²) < 4.78 is 1.85. The molecule has 178 valence electrons. The topological polar surface area (TPSA) is 103 Å². The second kappa shape index (κ2) is 9.40. The largest absolute Gasteiger partial charge is 0.395 e. The van der Waals surface area contributed by atoms with E-state index in [1.807, 2.05) is 11.7 Å². The molecular formula is C24H34N6O3. The monoisotopic (exact) mass is 454 g/mol. The molecule has 0 spiro atoms. The maximum Gasteiger partial charge on any atom is 0.235 e. The van der Waals surface area contributed by atoms with E-state index >= 15 is 0 Å². The standard InChI is InChI=1S/C24H34N6O3/c1-28-21-12-17(2-3-19(21)23(27-28)20-4-5-22(32)26-24(20)33)29-9-6-16(7-10-29)14-30-11-8-25-13-18(30)15-31/h2-3,12,16,18,20,25,31H,4-11,13-15H2,1H3,(H,26,32,33). The number of aliphatic hydroxyl groups is 1. The van der Waals surface area contributed by atoms with E-state index < -0.39 is 0 Å². The number of fused-ring (bicyclic) bond motifs is 1. The van der Waals surface area contributed by atoms with Gasteiger partial charge >= 0.3 is 0 Å². The fourth-order valence-electron chi connectivity index (χ4n) is 5.61. The first-order valence-electron chi connectivity index (χ1n) is 12.1. The van der Waals surface area contributed by atoms with Crippen molar-refractivity contribution in [3.63, 3.8) is 0 Å². The molecule has 2 atom stereocenters. The van der Waals surface area contributed by atoms with Gasteiger partial charge in [0, 0.05) is 69.9 Å². The lowest BCUT2D eigenvalue weighted by Gasteiger charge is -2.40. The Hall–Kier alpha value is -2.49. The molecule has 2 aromatic rings. The number of hydrogen-bond acceptors (Lipinski definition) is 7. The number of rotatable bonds is 5. The van der Waals surface area contributed by atoms with Crippen LogP contribution in [0.1, 0.15) is 37.3 Å². The number of benzene rings is 1. The molecule has 2 amide bonds. The van der Waals surface area contributed by atoms with Gasteiger partial charge in [-0.15, -0.1) is 0 Å². The average molecular weight is 455 g/mol. The van der Waals surface area contributed by atoms with Gasteiger partial charge in [0.05, 0.1) is 23.7 Å². The molecule has 0 radical (unpaired) electrons. The highest BCUT2D eigenvalue weighted by molar-refractivity contribution is 6.02. The van der Waals surface area contributed by atoms with E-state index in [4.69, 9.17) is 0 Å². The van der Waals surface area contributed by atoms with Crippen LogP contribution in [0.25, 0.3) is 10.9 Å². The van der Waals surface area contributed by atoms with Gasteiger partial charge in [0.25, 0.3) is 0 Å². The Kier molecular flexibility index (Phi) is 6.36. The molecule has 33 heavy (non-hydrogen) atoms. The highest BCUT2D eigenvalue weighted by Gasteiger charge is 2.32. The molecule has 1 aromatic heterocycles. The predicted octanol–water partition coefficient (Wildman–Crippen LogP) is 0.576. The van der Waals surface area contributed by atoms with E-state index in [1.165, 1.54) is 5.69 Å². The molecule has 0 bridgehead atoms. The number of aryl methyl sites for hydroxylation is 1. The minimum Gasteiger partial charge on any atom is -0.395 e. The summed E-state index contributed by atoms with van der Waals surface area (Å²) in [6.07, 6.45) is 3.16. The van der Waals surface area contributed by atoms with Gasteiger partial charge < -0.3 is 15.3 Å². The number of carbonyl (C=O) groups excluding carboxylic acids is 2. The van der Waals surface area contributed by atoms with Crippen LogP contribution in [0.5, 0.6) is 0 Å². The van der Waals surface area contributed by atoms with Crippen LogP contribution >= 0.6 is 0 Å². The maximum absolute atomic E-state index is 12.4. The lowest BCUT2D eigenvalue weighted by Crippen LogP contribution is -2.54. The van der Waals surface area contributed by atoms with Crippen molar-refractivity contribution in [2.24, 2.45) is 13.0 Å². The van der Waals surface area contributed by atoms with Crippen LogP contribution in [0.15, 0.2) is 18.2 Å². The number of piperidine rings is 2. The van der Waals surface area contributed by atoms with Crippen LogP contribution in [0.4, 0.5) is 5.69 Å². The van der Waals surface area contributed by atoms with Gasteiger partial charge in [0.2, 0.25) is 11.8 Å². The molecule has 3 N–H and O–H groups in total. The van der Waals surface area contributed by atoms with Crippen molar-refractivity contribution in [3.05, 3.63) is 23.9 Å². The van der Waals surface area contributed by atoms with Crippen LogP contribution in [-0.4, -0.2) is 83.5 Å². The van der Waals surface area contributed by atoms with Crippen LogP contribution in [0.2, 0.25) is 0 Å². The van der Waals surface area contributed by atoms with Crippen molar-refractivity contribution < 1.29 is 14.7 Å². The molecule has 9 heteroatoms. The third kappa shape index (κ3) is 4.49. The Morgan fingerprint density at radius 3 is 2.73 bits per heavy atom. The number of amides is 2. The first kappa shape index (κ1) is 22.3.